The molecule has 0 aromatic heterocycles. The molecule has 0 spiro atoms. The molecular weight excluding hydrogens is 266 g/mol. The molecule has 0 saturated carbocycles. The zero-order valence-electron chi connectivity index (χ0n) is 14.4. The first-order chi connectivity index (χ1) is 9.97. The molecule has 1 N–H and O–H groups in total. The summed E-state index contributed by atoms with van der Waals surface area (Å²) in [6.07, 6.45) is 1.25. The van der Waals surface area contributed by atoms with E-state index >= 15 is 0 Å². The van der Waals surface area contributed by atoms with Crippen molar-refractivity contribution in [1.82, 2.24) is 15.1 Å². The molecule has 5 nitrogen and oxygen atoms in total. The molecule has 1 aliphatic rings. The van der Waals surface area contributed by atoms with Crippen molar-refractivity contribution < 1.29 is 9.53 Å². The highest BCUT2D eigenvalue weighted by molar-refractivity contribution is 5.74. The van der Waals surface area contributed by atoms with Crippen LogP contribution in [0.2, 0.25) is 0 Å². The summed E-state index contributed by atoms with van der Waals surface area (Å²) in [4.78, 5) is 16.6. The third-order valence-electron chi connectivity index (χ3n) is 4.09. The molecule has 124 valence electrons. The van der Waals surface area contributed by atoms with E-state index in [2.05, 4.69) is 37.9 Å². The summed E-state index contributed by atoms with van der Waals surface area (Å²) in [5.41, 5.74) is 0. The molecule has 2 amide bonds. The van der Waals surface area contributed by atoms with Gasteiger partial charge >= 0.3 is 6.03 Å². The average Bonchev–Trinajstić information content (AvgIpc) is 2.45. The summed E-state index contributed by atoms with van der Waals surface area (Å²) in [6, 6.07) is 0.466. The standard InChI is InChI=1S/C16H33N3O2/c1-6-18(7-2)15(10-13(3)4)11-17-16(20)19-8-9-21-14(5)12-19/h13-15H,6-12H2,1-5H3,(H,17,20). The molecule has 21 heavy (non-hydrogen) atoms. The fourth-order valence-corrected chi connectivity index (χ4v) is 2.97. The number of amides is 2. The fourth-order valence-electron chi connectivity index (χ4n) is 2.97. The Morgan fingerprint density at radius 3 is 2.57 bits per heavy atom. The monoisotopic (exact) mass is 299 g/mol. The van der Waals surface area contributed by atoms with Gasteiger partial charge in [0.1, 0.15) is 0 Å². The van der Waals surface area contributed by atoms with Crippen molar-refractivity contribution in [3.8, 4) is 0 Å². The van der Waals surface area contributed by atoms with E-state index < -0.39 is 0 Å². The first-order valence-corrected chi connectivity index (χ1v) is 8.36. The highest BCUT2D eigenvalue weighted by Gasteiger charge is 2.23. The summed E-state index contributed by atoms with van der Waals surface area (Å²) in [5.74, 6) is 0.635. The first-order valence-electron chi connectivity index (χ1n) is 8.36. The van der Waals surface area contributed by atoms with Gasteiger partial charge in [-0.25, -0.2) is 4.79 Å². The van der Waals surface area contributed by atoms with Gasteiger partial charge in [-0.2, -0.15) is 0 Å². The number of nitrogens with zero attached hydrogens (tertiary/aromatic N) is 2. The second-order valence-corrected chi connectivity index (χ2v) is 6.32. The first kappa shape index (κ1) is 18.2. The van der Waals surface area contributed by atoms with Crippen molar-refractivity contribution in [3.63, 3.8) is 0 Å². The number of hydrogen-bond donors (Lipinski definition) is 1. The summed E-state index contributed by atoms with van der Waals surface area (Å²) in [6.45, 7) is 15.6. The molecule has 1 rings (SSSR count). The molecule has 2 unspecified atom stereocenters. The zero-order valence-corrected chi connectivity index (χ0v) is 14.4. The number of urea groups is 1. The maximum atomic E-state index is 12.3. The molecule has 1 aliphatic heterocycles. The second-order valence-electron chi connectivity index (χ2n) is 6.32. The maximum absolute atomic E-state index is 12.3. The van der Waals surface area contributed by atoms with Gasteiger partial charge in [-0.15, -0.1) is 0 Å². The van der Waals surface area contributed by atoms with Crippen molar-refractivity contribution in [2.45, 2.75) is 53.2 Å². The average molecular weight is 299 g/mol. The van der Waals surface area contributed by atoms with Crippen LogP contribution < -0.4 is 5.32 Å². The summed E-state index contributed by atoms with van der Waals surface area (Å²) in [7, 11) is 0. The molecule has 0 aromatic carbocycles. The van der Waals surface area contributed by atoms with Crippen molar-refractivity contribution in [1.29, 1.82) is 0 Å². The van der Waals surface area contributed by atoms with Crippen LogP contribution >= 0.6 is 0 Å². The molecule has 2 atom stereocenters. The van der Waals surface area contributed by atoms with Crippen molar-refractivity contribution in [2.24, 2.45) is 5.92 Å². The smallest absolute Gasteiger partial charge is 0.317 e. The predicted molar refractivity (Wildman–Crippen MR) is 86.5 cm³/mol. The Labute approximate surface area is 130 Å². The predicted octanol–water partition coefficient (Wildman–Crippen LogP) is 2.17. The minimum absolute atomic E-state index is 0.0473. The van der Waals surface area contributed by atoms with E-state index in [-0.39, 0.29) is 12.1 Å². The largest absolute Gasteiger partial charge is 0.375 e. The number of ether oxygens (including phenoxy) is 1. The van der Waals surface area contributed by atoms with Crippen LogP contribution in [-0.2, 0) is 4.74 Å². The van der Waals surface area contributed by atoms with Crippen LogP contribution in [0.15, 0.2) is 0 Å². The number of nitrogens with one attached hydrogen (secondary N) is 1. The topological polar surface area (TPSA) is 44.8 Å². The van der Waals surface area contributed by atoms with Crippen LogP contribution in [0.4, 0.5) is 4.79 Å². The van der Waals surface area contributed by atoms with Gasteiger partial charge in [-0.05, 0) is 32.4 Å². The van der Waals surface area contributed by atoms with Crippen molar-refractivity contribution in [2.75, 3.05) is 39.3 Å². The zero-order chi connectivity index (χ0) is 15.8. The van der Waals surface area contributed by atoms with E-state index in [0.29, 0.717) is 31.7 Å². The Kier molecular flexibility index (Phi) is 8.04. The lowest BCUT2D eigenvalue weighted by atomic mass is 10.0. The Hall–Kier alpha value is -0.810. The maximum Gasteiger partial charge on any atom is 0.317 e. The molecule has 0 aromatic rings. The van der Waals surface area contributed by atoms with E-state index in [9.17, 15) is 4.79 Å². The van der Waals surface area contributed by atoms with Gasteiger partial charge in [0.2, 0.25) is 0 Å². The molecule has 0 aliphatic carbocycles. The second kappa shape index (κ2) is 9.26. The van der Waals surface area contributed by atoms with Gasteiger partial charge in [-0.1, -0.05) is 27.7 Å². The van der Waals surface area contributed by atoms with Gasteiger partial charge in [-0.3, -0.25) is 4.90 Å². The summed E-state index contributed by atoms with van der Waals surface area (Å²) in [5, 5.41) is 3.12. The lowest BCUT2D eigenvalue weighted by Crippen LogP contribution is -2.52. The summed E-state index contributed by atoms with van der Waals surface area (Å²) < 4.78 is 5.48. The third kappa shape index (κ3) is 6.22. The number of morpholine rings is 1. The van der Waals surface area contributed by atoms with Crippen molar-refractivity contribution >= 4 is 6.03 Å². The van der Waals surface area contributed by atoms with E-state index in [0.717, 1.165) is 26.1 Å². The molecular formula is C16H33N3O2. The highest BCUT2D eigenvalue weighted by Crippen LogP contribution is 2.11. The quantitative estimate of drug-likeness (QED) is 0.783. The molecule has 1 fully saturated rings. The molecule has 1 saturated heterocycles. The van der Waals surface area contributed by atoms with Gasteiger partial charge in [0, 0.05) is 25.7 Å². The van der Waals surface area contributed by atoms with Gasteiger partial charge in [0.25, 0.3) is 0 Å². The van der Waals surface area contributed by atoms with Gasteiger partial charge in [0.15, 0.2) is 0 Å². The summed E-state index contributed by atoms with van der Waals surface area (Å²) >= 11 is 0. The van der Waals surface area contributed by atoms with Crippen LogP contribution in [0.3, 0.4) is 0 Å². The van der Waals surface area contributed by atoms with E-state index in [1.165, 1.54) is 0 Å². The van der Waals surface area contributed by atoms with Gasteiger partial charge < -0.3 is 15.0 Å². The Bertz CT molecular complexity index is 306. The van der Waals surface area contributed by atoms with E-state index in [1.807, 2.05) is 11.8 Å². The van der Waals surface area contributed by atoms with Crippen LogP contribution in [-0.4, -0.2) is 67.3 Å². The number of hydrogen-bond acceptors (Lipinski definition) is 3. The molecule has 1 heterocycles. The minimum Gasteiger partial charge on any atom is -0.375 e. The molecule has 0 bridgehead atoms. The fraction of sp³-hybridized carbons (Fsp3) is 0.938. The number of carbonyl (C=O) groups excluding carboxylic acids is 1. The Morgan fingerprint density at radius 1 is 1.38 bits per heavy atom. The third-order valence-corrected chi connectivity index (χ3v) is 4.09. The highest BCUT2D eigenvalue weighted by atomic mass is 16.5. The normalized spacial score (nSPS) is 20.9. The Balaban J connectivity index is 2.49. The van der Waals surface area contributed by atoms with Crippen molar-refractivity contribution in [3.05, 3.63) is 0 Å². The number of likely N-dealkylation sites (N-methyl/N-ethyl adjacent to an activating group) is 1. The number of carbonyl (C=O) groups is 1. The SMILES string of the molecule is CCN(CC)C(CNC(=O)N1CCOC(C)C1)CC(C)C. The molecule has 0 radical (unpaired) electrons. The number of rotatable bonds is 7. The Morgan fingerprint density at radius 2 is 2.05 bits per heavy atom. The minimum atomic E-state index is 0.0473. The lowest BCUT2D eigenvalue weighted by Gasteiger charge is -2.34. The van der Waals surface area contributed by atoms with Crippen LogP contribution in [0.5, 0.6) is 0 Å². The lowest BCUT2D eigenvalue weighted by molar-refractivity contribution is -0.00373. The van der Waals surface area contributed by atoms with Crippen LogP contribution in [0.25, 0.3) is 0 Å². The molecule has 5 heteroatoms. The van der Waals surface area contributed by atoms with Gasteiger partial charge in [0.05, 0.1) is 12.7 Å². The van der Waals surface area contributed by atoms with Crippen LogP contribution in [0.1, 0.15) is 41.0 Å². The van der Waals surface area contributed by atoms with E-state index in [4.69, 9.17) is 4.74 Å². The van der Waals surface area contributed by atoms with Crippen LogP contribution in [0, 0.1) is 5.92 Å². The van der Waals surface area contributed by atoms with E-state index in [1.54, 1.807) is 0 Å².